The van der Waals surface area contributed by atoms with Crippen LogP contribution in [0.2, 0.25) is 0 Å². The molecule has 1 fully saturated rings. The van der Waals surface area contributed by atoms with Crippen LogP contribution >= 0.6 is 0 Å². The summed E-state index contributed by atoms with van der Waals surface area (Å²) in [5, 5.41) is 18.6. The van der Waals surface area contributed by atoms with Gasteiger partial charge in [0.05, 0.1) is 22.7 Å². The van der Waals surface area contributed by atoms with Gasteiger partial charge in [-0.2, -0.15) is 10.2 Å². The molecule has 0 spiro atoms. The van der Waals surface area contributed by atoms with Gasteiger partial charge in [0.25, 0.3) is 5.91 Å². The molecule has 0 bridgehead atoms. The number of H-pyrrole nitrogens is 1. The standard InChI is InChI=1S/C28H34FN9O2/c1-28(2,3)38-15-19(14-32-38)26(39)31-13-18-7-6-17(12-22(18)29)21-8-10-30-24-23(21)25(35-34-24)33-20-9-11-37(16-20)27(40)36(4)5/h6-8,10,12,14-15,20H,9,11,13,16H2,1-5H3,(H,31,39)(H2,30,33,34,35)/t20-/m1/s1. The number of hydrogen-bond acceptors (Lipinski definition) is 6. The molecule has 4 aromatic rings. The van der Waals surface area contributed by atoms with Gasteiger partial charge in [-0.15, -0.1) is 0 Å². The highest BCUT2D eigenvalue weighted by atomic mass is 19.1. The largest absolute Gasteiger partial charge is 0.363 e. The van der Waals surface area contributed by atoms with Gasteiger partial charge in [-0.05, 0) is 50.5 Å². The third-order valence-electron chi connectivity index (χ3n) is 6.98. The van der Waals surface area contributed by atoms with E-state index in [1.165, 1.54) is 12.3 Å². The Morgan fingerprint density at radius 1 is 1.23 bits per heavy atom. The molecule has 1 saturated heterocycles. The lowest BCUT2D eigenvalue weighted by molar-refractivity contribution is 0.0950. The molecule has 0 aliphatic carbocycles. The van der Waals surface area contributed by atoms with Gasteiger partial charge in [-0.3, -0.25) is 14.6 Å². The van der Waals surface area contributed by atoms with E-state index in [0.29, 0.717) is 41.2 Å². The summed E-state index contributed by atoms with van der Waals surface area (Å²) >= 11 is 0. The lowest BCUT2D eigenvalue weighted by Crippen LogP contribution is -2.38. The van der Waals surface area contributed by atoms with Gasteiger partial charge < -0.3 is 20.4 Å². The predicted molar refractivity (Wildman–Crippen MR) is 150 cm³/mol. The maximum absolute atomic E-state index is 15.2. The Kier molecular flexibility index (Phi) is 7.17. The quantitative estimate of drug-likeness (QED) is 0.337. The van der Waals surface area contributed by atoms with E-state index in [-0.39, 0.29) is 30.1 Å². The van der Waals surface area contributed by atoms with Crippen molar-refractivity contribution in [3.8, 4) is 11.1 Å². The highest BCUT2D eigenvalue weighted by Gasteiger charge is 2.28. The molecular weight excluding hydrogens is 513 g/mol. The fourth-order valence-corrected chi connectivity index (χ4v) is 4.77. The molecule has 210 valence electrons. The number of pyridine rings is 1. The van der Waals surface area contributed by atoms with Gasteiger partial charge in [0.2, 0.25) is 0 Å². The first kappa shape index (κ1) is 27.1. The Bertz CT molecular complexity index is 1550. The summed E-state index contributed by atoms with van der Waals surface area (Å²) in [5.74, 6) is -0.142. The minimum atomic E-state index is -0.431. The van der Waals surface area contributed by atoms with Gasteiger partial charge in [0.15, 0.2) is 11.5 Å². The van der Waals surface area contributed by atoms with E-state index in [1.54, 1.807) is 47.0 Å². The average Bonchev–Trinajstić information content (AvgIpc) is 3.67. The first-order valence-corrected chi connectivity index (χ1v) is 13.2. The lowest BCUT2D eigenvalue weighted by Gasteiger charge is -2.21. The van der Waals surface area contributed by atoms with Crippen LogP contribution in [0.15, 0.2) is 42.9 Å². The van der Waals surface area contributed by atoms with Crippen molar-refractivity contribution in [3.05, 3.63) is 59.8 Å². The highest BCUT2D eigenvalue weighted by Crippen LogP contribution is 2.33. The Labute approximate surface area is 231 Å². The molecule has 40 heavy (non-hydrogen) atoms. The zero-order valence-electron chi connectivity index (χ0n) is 23.3. The van der Waals surface area contributed by atoms with Crippen LogP contribution in [0.3, 0.4) is 0 Å². The van der Waals surface area contributed by atoms with Gasteiger partial charge in [0, 0.05) is 57.7 Å². The van der Waals surface area contributed by atoms with E-state index in [4.69, 9.17) is 0 Å². The molecule has 1 aliphatic rings. The molecule has 3 aromatic heterocycles. The summed E-state index contributed by atoms with van der Waals surface area (Å²) in [6.45, 7) is 7.24. The topological polar surface area (TPSA) is 124 Å². The van der Waals surface area contributed by atoms with Crippen molar-refractivity contribution < 1.29 is 14.0 Å². The first-order valence-electron chi connectivity index (χ1n) is 13.2. The van der Waals surface area contributed by atoms with Gasteiger partial charge in [-0.25, -0.2) is 14.2 Å². The average molecular weight is 548 g/mol. The number of aromatic nitrogens is 5. The van der Waals surface area contributed by atoms with E-state index < -0.39 is 5.82 Å². The van der Waals surface area contributed by atoms with Gasteiger partial charge in [0.1, 0.15) is 5.82 Å². The molecule has 4 heterocycles. The molecular formula is C28H34FN9O2. The fourth-order valence-electron chi connectivity index (χ4n) is 4.77. The third-order valence-corrected chi connectivity index (χ3v) is 6.98. The second kappa shape index (κ2) is 10.6. The number of aromatic amines is 1. The number of carbonyl (C=O) groups excluding carboxylic acids is 2. The number of nitrogens with one attached hydrogen (secondary N) is 3. The van der Waals surface area contributed by atoms with Crippen LogP contribution in [0.25, 0.3) is 22.2 Å². The summed E-state index contributed by atoms with van der Waals surface area (Å²) in [6, 6.07) is 6.78. The zero-order valence-corrected chi connectivity index (χ0v) is 23.3. The van der Waals surface area contributed by atoms with Gasteiger partial charge in [-0.1, -0.05) is 12.1 Å². The molecule has 3 N–H and O–H groups in total. The van der Waals surface area contributed by atoms with Crippen molar-refractivity contribution in [2.75, 3.05) is 32.5 Å². The van der Waals surface area contributed by atoms with Crippen LogP contribution in [0.1, 0.15) is 43.1 Å². The van der Waals surface area contributed by atoms with Crippen LogP contribution in [0, 0.1) is 5.82 Å². The minimum absolute atomic E-state index is 0.0229. The van der Waals surface area contributed by atoms with Crippen molar-refractivity contribution in [1.29, 1.82) is 0 Å². The molecule has 11 nitrogen and oxygen atoms in total. The Balaban J connectivity index is 1.31. The predicted octanol–water partition coefficient (Wildman–Crippen LogP) is 3.81. The van der Waals surface area contributed by atoms with E-state index in [2.05, 4.69) is 30.9 Å². The fraction of sp³-hybridized carbons (Fsp3) is 0.393. The van der Waals surface area contributed by atoms with Crippen molar-refractivity contribution in [1.82, 2.24) is 40.1 Å². The number of amides is 3. The minimum Gasteiger partial charge on any atom is -0.363 e. The number of likely N-dealkylation sites (tertiary alicyclic amines) is 1. The van der Waals surface area contributed by atoms with Crippen LogP contribution in [-0.2, 0) is 12.1 Å². The van der Waals surface area contributed by atoms with E-state index in [0.717, 1.165) is 17.4 Å². The van der Waals surface area contributed by atoms with E-state index >= 15 is 4.39 Å². The molecule has 0 unspecified atom stereocenters. The number of hydrogen-bond donors (Lipinski definition) is 3. The normalized spacial score (nSPS) is 15.4. The Morgan fingerprint density at radius 3 is 2.73 bits per heavy atom. The van der Waals surface area contributed by atoms with Crippen molar-refractivity contribution in [3.63, 3.8) is 0 Å². The van der Waals surface area contributed by atoms with Crippen molar-refractivity contribution in [2.24, 2.45) is 0 Å². The molecule has 12 heteroatoms. The van der Waals surface area contributed by atoms with Crippen LogP contribution in [-0.4, -0.2) is 79.9 Å². The molecule has 1 aliphatic heterocycles. The first-order chi connectivity index (χ1) is 19.0. The van der Waals surface area contributed by atoms with Gasteiger partial charge >= 0.3 is 6.03 Å². The van der Waals surface area contributed by atoms with E-state index in [9.17, 15) is 9.59 Å². The molecule has 0 saturated carbocycles. The highest BCUT2D eigenvalue weighted by molar-refractivity contribution is 6.00. The van der Waals surface area contributed by atoms with Crippen LogP contribution in [0.5, 0.6) is 0 Å². The van der Waals surface area contributed by atoms with E-state index in [1.807, 2.05) is 32.9 Å². The summed E-state index contributed by atoms with van der Waals surface area (Å²) in [5.41, 5.74) is 2.55. The maximum Gasteiger partial charge on any atom is 0.319 e. The maximum atomic E-state index is 15.2. The second-order valence-corrected chi connectivity index (χ2v) is 11.2. The zero-order chi connectivity index (χ0) is 28.6. The number of rotatable bonds is 6. The summed E-state index contributed by atoms with van der Waals surface area (Å²) in [6.07, 6.45) is 5.63. The number of benzene rings is 1. The second-order valence-electron chi connectivity index (χ2n) is 11.2. The molecule has 5 rings (SSSR count). The van der Waals surface area contributed by atoms with Crippen LogP contribution < -0.4 is 10.6 Å². The monoisotopic (exact) mass is 547 g/mol. The smallest absolute Gasteiger partial charge is 0.319 e. The molecule has 3 amide bonds. The number of nitrogens with zero attached hydrogens (tertiary/aromatic N) is 6. The molecule has 1 atom stereocenters. The Hall–Kier alpha value is -4.48. The number of urea groups is 1. The summed E-state index contributed by atoms with van der Waals surface area (Å²) < 4.78 is 16.9. The Morgan fingerprint density at radius 2 is 2.02 bits per heavy atom. The third kappa shape index (κ3) is 5.47. The van der Waals surface area contributed by atoms with Crippen LogP contribution in [0.4, 0.5) is 15.0 Å². The number of halogens is 1. The summed E-state index contributed by atoms with van der Waals surface area (Å²) in [7, 11) is 3.48. The van der Waals surface area contributed by atoms with Crippen molar-refractivity contribution >= 4 is 28.8 Å². The molecule has 1 aromatic carbocycles. The lowest BCUT2D eigenvalue weighted by atomic mass is 10.0. The SMILES string of the molecule is CN(C)C(=O)N1CC[C@@H](Nc2n[nH]c3nccc(-c4ccc(CNC(=O)c5cnn(C(C)(C)C)c5)c(F)c4)c23)C1. The number of carbonyl (C=O) groups is 2. The van der Waals surface area contributed by atoms with Crippen molar-refractivity contribution in [2.45, 2.75) is 45.3 Å². The number of fused-ring (bicyclic) bond motifs is 1. The number of anilines is 1. The summed E-state index contributed by atoms with van der Waals surface area (Å²) in [4.78, 5) is 32.7. The molecule has 0 radical (unpaired) electrons.